The van der Waals surface area contributed by atoms with Crippen LogP contribution in [0.1, 0.15) is 30.4 Å². The van der Waals surface area contributed by atoms with Crippen LogP contribution >= 0.6 is 11.6 Å². The molecule has 2 aliphatic heterocycles. The van der Waals surface area contributed by atoms with E-state index in [1.807, 2.05) is 12.1 Å². The normalized spacial score (nSPS) is 22.2. The Morgan fingerprint density at radius 3 is 2.45 bits per heavy atom. The zero-order valence-corrected chi connectivity index (χ0v) is 19.8. The molecule has 2 heterocycles. The number of nitrogens with one attached hydrogen (secondary N) is 1. The van der Waals surface area contributed by atoms with Crippen LogP contribution in [0.4, 0.5) is 4.39 Å². The van der Waals surface area contributed by atoms with Gasteiger partial charge in [0.1, 0.15) is 5.82 Å². The van der Waals surface area contributed by atoms with Gasteiger partial charge in [0.15, 0.2) is 0 Å². The van der Waals surface area contributed by atoms with Crippen LogP contribution in [-0.4, -0.2) is 61.1 Å². The highest BCUT2D eigenvalue weighted by Gasteiger charge is 2.34. The van der Waals surface area contributed by atoms with Crippen LogP contribution in [0.25, 0.3) is 0 Å². The Morgan fingerprint density at radius 2 is 1.73 bits per heavy atom. The molecule has 2 atom stereocenters. The molecule has 0 spiro atoms. The molecule has 0 unspecified atom stereocenters. The van der Waals surface area contributed by atoms with E-state index in [0.29, 0.717) is 24.9 Å². The van der Waals surface area contributed by atoms with Gasteiger partial charge in [-0.2, -0.15) is 0 Å². The molecule has 0 aliphatic carbocycles. The molecule has 4 rings (SSSR count). The lowest BCUT2D eigenvalue weighted by molar-refractivity contribution is -0.121. The van der Waals surface area contributed by atoms with E-state index in [2.05, 4.69) is 27.2 Å². The smallest absolute Gasteiger partial charge is 0.220 e. The van der Waals surface area contributed by atoms with Gasteiger partial charge in [0.05, 0.1) is 13.2 Å². The van der Waals surface area contributed by atoms with E-state index >= 15 is 0 Å². The highest BCUT2D eigenvalue weighted by molar-refractivity contribution is 6.30. The number of piperidine rings is 1. The monoisotopic (exact) mass is 473 g/mol. The highest BCUT2D eigenvalue weighted by atomic mass is 35.5. The summed E-state index contributed by atoms with van der Waals surface area (Å²) in [6.45, 7) is 6.88. The lowest BCUT2D eigenvalue weighted by Gasteiger charge is -2.45. The van der Waals surface area contributed by atoms with Crippen molar-refractivity contribution in [2.75, 3.05) is 39.4 Å². The van der Waals surface area contributed by atoms with Crippen LogP contribution in [0.2, 0.25) is 5.02 Å². The first kappa shape index (κ1) is 24.1. The fraction of sp³-hybridized carbons (Fsp3) is 0.500. The second-order valence-corrected chi connectivity index (χ2v) is 9.50. The van der Waals surface area contributed by atoms with Gasteiger partial charge in [0.2, 0.25) is 5.91 Å². The predicted molar refractivity (Wildman–Crippen MR) is 128 cm³/mol. The van der Waals surface area contributed by atoms with Gasteiger partial charge in [-0.15, -0.1) is 0 Å². The third kappa shape index (κ3) is 7.24. The molecular weight excluding hydrogens is 441 g/mol. The topological polar surface area (TPSA) is 44.8 Å². The fourth-order valence-electron chi connectivity index (χ4n) is 4.97. The summed E-state index contributed by atoms with van der Waals surface area (Å²) in [6, 6.07) is 14.8. The van der Waals surface area contributed by atoms with Gasteiger partial charge in [-0.3, -0.25) is 14.6 Å². The van der Waals surface area contributed by atoms with E-state index in [9.17, 15) is 9.18 Å². The largest absolute Gasteiger partial charge is 0.379 e. The summed E-state index contributed by atoms with van der Waals surface area (Å²) < 4.78 is 18.6. The molecule has 0 aromatic heterocycles. The summed E-state index contributed by atoms with van der Waals surface area (Å²) in [6.07, 6.45) is 2.46. The minimum Gasteiger partial charge on any atom is -0.379 e. The summed E-state index contributed by atoms with van der Waals surface area (Å²) in [5.41, 5.74) is 2.17. The fourth-order valence-corrected chi connectivity index (χ4v) is 5.09. The maximum atomic E-state index is 13.1. The lowest BCUT2D eigenvalue weighted by Crippen LogP contribution is -2.54. The second-order valence-electron chi connectivity index (χ2n) is 9.07. The lowest BCUT2D eigenvalue weighted by atomic mass is 9.86. The van der Waals surface area contributed by atoms with Crippen LogP contribution in [0, 0.1) is 11.7 Å². The van der Waals surface area contributed by atoms with Crippen LogP contribution in [0.5, 0.6) is 0 Å². The van der Waals surface area contributed by atoms with Crippen molar-refractivity contribution in [2.24, 2.45) is 5.92 Å². The quantitative estimate of drug-likeness (QED) is 0.627. The van der Waals surface area contributed by atoms with Crippen LogP contribution < -0.4 is 5.32 Å². The molecule has 2 aromatic rings. The number of halogens is 2. The maximum Gasteiger partial charge on any atom is 0.220 e. The van der Waals surface area contributed by atoms with Gasteiger partial charge in [0, 0.05) is 50.2 Å². The number of carbonyl (C=O) groups is 1. The number of amides is 1. The number of rotatable bonds is 8. The van der Waals surface area contributed by atoms with Crippen LogP contribution in [0.15, 0.2) is 48.5 Å². The molecule has 2 fully saturated rings. The van der Waals surface area contributed by atoms with E-state index in [-0.39, 0.29) is 11.7 Å². The Labute approximate surface area is 200 Å². The van der Waals surface area contributed by atoms with Crippen molar-refractivity contribution in [3.05, 3.63) is 70.5 Å². The number of likely N-dealkylation sites (tertiary alicyclic amines) is 1. The average Bonchev–Trinajstić information content (AvgIpc) is 2.84. The van der Waals surface area contributed by atoms with Crippen molar-refractivity contribution >= 4 is 17.5 Å². The highest BCUT2D eigenvalue weighted by Crippen LogP contribution is 2.28. The molecule has 2 aromatic carbocycles. The summed E-state index contributed by atoms with van der Waals surface area (Å²) in [7, 11) is 0. The van der Waals surface area contributed by atoms with Gasteiger partial charge in [-0.05, 0) is 60.7 Å². The second kappa shape index (κ2) is 11.9. The van der Waals surface area contributed by atoms with Crippen LogP contribution in [0.3, 0.4) is 0 Å². The first-order chi connectivity index (χ1) is 16.1. The molecule has 1 amide bonds. The number of benzene rings is 2. The Bertz CT molecular complexity index is 887. The summed E-state index contributed by atoms with van der Waals surface area (Å²) >= 11 is 6.04. The Morgan fingerprint density at radius 1 is 1.03 bits per heavy atom. The summed E-state index contributed by atoms with van der Waals surface area (Å²) in [5, 5.41) is 3.75. The number of hydrogen-bond donors (Lipinski definition) is 1. The summed E-state index contributed by atoms with van der Waals surface area (Å²) in [5.74, 6) is 0.218. The average molecular weight is 474 g/mol. The zero-order valence-electron chi connectivity index (χ0n) is 19.0. The van der Waals surface area contributed by atoms with Gasteiger partial charge in [-0.1, -0.05) is 35.9 Å². The summed E-state index contributed by atoms with van der Waals surface area (Å²) in [4.78, 5) is 17.6. The van der Waals surface area contributed by atoms with Gasteiger partial charge in [0.25, 0.3) is 0 Å². The predicted octanol–water partition coefficient (Wildman–Crippen LogP) is 4.10. The van der Waals surface area contributed by atoms with Crippen molar-refractivity contribution in [1.82, 2.24) is 15.1 Å². The molecule has 0 bridgehead atoms. The third-order valence-electron chi connectivity index (χ3n) is 6.76. The Balaban J connectivity index is 1.33. The van der Waals surface area contributed by atoms with Crippen molar-refractivity contribution in [3.8, 4) is 0 Å². The molecule has 0 radical (unpaired) electrons. The van der Waals surface area contributed by atoms with Gasteiger partial charge in [-0.25, -0.2) is 4.39 Å². The number of ether oxygens (including phenoxy) is 1. The first-order valence-electron chi connectivity index (χ1n) is 11.9. The molecule has 7 heteroatoms. The van der Waals surface area contributed by atoms with E-state index in [4.69, 9.17) is 16.3 Å². The number of morpholine rings is 1. The molecule has 33 heavy (non-hydrogen) atoms. The first-order valence-corrected chi connectivity index (χ1v) is 12.2. The Hall–Kier alpha value is -1.99. The molecule has 2 aliphatic rings. The van der Waals surface area contributed by atoms with Crippen LogP contribution in [-0.2, 0) is 22.6 Å². The van der Waals surface area contributed by atoms with E-state index in [1.54, 1.807) is 12.1 Å². The van der Waals surface area contributed by atoms with Gasteiger partial charge < -0.3 is 10.1 Å². The number of hydrogen-bond acceptors (Lipinski definition) is 4. The van der Waals surface area contributed by atoms with Crippen molar-refractivity contribution in [2.45, 2.75) is 38.4 Å². The molecule has 1 N–H and O–H groups in total. The van der Waals surface area contributed by atoms with Gasteiger partial charge >= 0.3 is 0 Å². The molecular formula is C26H33ClFN3O2. The molecule has 0 saturated carbocycles. The van der Waals surface area contributed by atoms with E-state index in [1.165, 1.54) is 17.7 Å². The molecule has 2 saturated heterocycles. The zero-order chi connectivity index (χ0) is 23.0. The van der Waals surface area contributed by atoms with E-state index < -0.39 is 0 Å². The third-order valence-corrected chi connectivity index (χ3v) is 7.01. The minimum atomic E-state index is -0.264. The molecule has 178 valence electrons. The maximum absolute atomic E-state index is 13.1. The SMILES string of the molecule is O=C(CC[C@@H]1CN(Cc2ccc(Cl)cc2)CC[C@@H]1N1CCOCC1)NCc1ccc(F)cc1. The number of carbonyl (C=O) groups excluding carboxylic acids is 1. The minimum absolute atomic E-state index is 0.0508. The number of nitrogens with zero attached hydrogens (tertiary/aromatic N) is 2. The van der Waals surface area contributed by atoms with E-state index in [0.717, 1.165) is 69.4 Å². The molecule has 5 nitrogen and oxygen atoms in total. The Kier molecular flexibility index (Phi) is 8.73. The van der Waals surface area contributed by atoms with Crippen molar-refractivity contribution in [3.63, 3.8) is 0 Å². The van der Waals surface area contributed by atoms with Crippen molar-refractivity contribution in [1.29, 1.82) is 0 Å². The standard InChI is InChI=1S/C26H33ClFN3O2/c27-23-6-1-21(2-7-23)18-30-12-11-25(31-13-15-33-16-14-31)22(19-30)5-10-26(32)29-17-20-3-8-24(28)9-4-20/h1-4,6-9,22,25H,5,10-19H2,(H,29,32)/t22-,25+/m1/s1. The van der Waals surface area contributed by atoms with Crippen molar-refractivity contribution < 1.29 is 13.9 Å².